The second-order valence-electron chi connectivity index (χ2n) is 11.3. The number of benzene rings is 2. The minimum atomic E-state index is -0.943. The molecule has 7 nitrogen and oxygen atoms in total. The lowest BCUT2D eigenvalue weighted by Gasteiger charge is -2.28. The summed E-state index contributed by atoms with van der Waals surface area (Å²) in [5.41, 5.74) is 5.24. The van der Waals surface area contributed by atoms with E-state index >= 15 is 0 Å². The Hall–Kier alpha value is -3.25. The summed E-state index contributed by atoms with van der Waals surface area (Å²) in [6.45, 7) is 10.1. The zero-order valence-corrected chi connectivity index (χ0v) is 25.5. The van der Waals surface area contributed by atoms with Crippen molar-refractivity contribution in [1.29, 1.82) is 5.26 Å². The molecule has 0 saturated carbocycles. The molecule has 0 amide bonds. The minimum Gasteiger partial charge on any atom is -0.487 e. The van der Waals surface area contributed by atoms with Crippen LogP contribution in [-0.2, 0) is 18.8 Å². The van der Waals surface area contributed by atoms with Crippen LogP contribution in [0, 0.1) is 11.3 Å². The molecule has 2 N–H and O–H groups in total. The maximum absolute atomic E-state index is 10.7. The molecule has 222 valence electrons. The van der Waals surface area contributed by atoms with Crippen molar-refractivity contribution in [2.45, 2.75) is 58.4 Å². The third-order valence-corrected chi connectivity index (χ3v) is 8.02. The maximum atomic E-state index is 10.7. The number of aromatic nitrogens is 1. The Labute approximate surface area is 254 Å². The highest BCUT2D eigenvalue weighted by molar-refractivity contribution is 6.30. The average molecular weight is 589 g/mol. The van der Waals surface area contributed by atoms with E-state index < -0.39 is 5.60 Å². The number of fused-ring (bicyclic) bond motifs is 2. The fourth-order valence-electron chi connectivity index (χ4n) is 5.60. The van der Waals surface area contributed by atoms with Crippen LogP contribution in [0.15, 0.2) is 66.9 Å². The lowest BCUT2D eigenvalue weighted by molar-refractivity contribution is 0.0785. The summed E-state index contributed by atoms with van der Waals surface area (Å²) < 4.78 is 6.14. The van der Waals surface area contributed by atoms with E-state index in [1.54, 1.807) is 6.07 Å². The molecule has 1 aromatic heterocycles. The van der Waals surface area contributed by atoms with Gasteiger partial charge in [-0.2, -0.15) is 5.26 Å². The molecule has 1 fully saturated rings. The van der Waals surface area contributed by atoms with E-state index in [1.807, 2.05) is 50.4 Å². The number of aliphatic hydroxyl groups is 2. The van der Waals surface area contributed by atoms with Gasteiger partial charge in [0.15, 0.2) is 0 Å². The molecule has 8 heteroatoms. The van der Waals surface area contributed by atoms with Gasteiger partial charge in [-0.1, -0.05) is 41.9 Å². The molecule has 3 heterocycles. The number of hydrogen-bond acceptors (Lipinski definition) is 7. The van der Waals surface area contributed by atoms with Crippen molar-refractivity contribution >= 4 is 17.2 Å². The summed E-state index contributed by atoms with van der Waals surface area (Å²) in [6, 6.07) is 20.2. The van der Waals surface area contributed by atoms with Gasteiger partial charge in [0.25, 0.3) is 0 Å². The minimum absolute atomic E-state index is 0.151. The lowest BCUT2D eigenvalue weighted by Crippen LogP contribution is -2.39. The second-order valence-corrected chi connectivity index (χ2v) is 11.7. The smallest absolute Gasteiger partial charge is 0.131 e. The highest BCUT2D eigenvalue weighted by atomic mass is 35.5. The van der Waals surface area contributed by atoms with Gasteiger partial charge in [0, 0.05) is 61.5 Å². The van der Waals surface area contributed by atoms with Gasteiger partial charge in [0.1, 0.15) is 12.4 Å². The Morgan fingerprint density at radius 3 is 2.67 bits per heavy atom. The van der Waals surface area contributed by atoms with Crippen molar-refractivity contribution < 1.29 is 14.9 Å². The SMILES string of the molecule is CC#N.CC(C)(O)c1ccc2c(c1)C(=CCCN1CCC(N(CCO)Cc3ccc(Cl)cc3)C1)c1cccnc1CO2. The second kappa shape index (κ2) is 14.8. The molecule has 2 aliphatic rings. The number of hydrogen-bond donors (Lipinski definition) is 2. The van der Waals surface area contributed by atoms with Gasteiger partial charge >= 0.3 is 0 Å². The fraction of sp³-hybridized carbons (Fsp3) is 0.412. The zero-order chi connectivity index (χ0) is 30.1. The highest BCUT2D eigenvalue weighted by Crippen LogP contribution is 2.38. The zero-order valence-electron chi connectivity index (χ0n) is 24.8. The Morgan fingerprint density at radius 2 is 1.95 bits per heavy atom. The highest BCUT2D eigenvalue weighted by Gasteiger charge is 2.28. The van der Waals surface area contributed by atoms with Crippen LogP contribution >= 0.6 is 11.6 Å². The summed E-state index contributed by atoms with van der Waals surface area (Å²) in [4.78, 5) is 9.50. The Bertz CT molecular complexity index is 1400. The van der Waals surface area contributed by atoms with E-state index in [4.69, 9.17) is 21.6 Å². The van der Waals surface area contributed by atoms with Crippen molar-refractivity contribution in [2.24, 2.45) is 0 Å². The molecule has 1 atom stereocenters. The number of nitriles is 1. The third kappa shape index (κ3) is 8.19. The number of likely N-dealkylation sites (tertiary alicyclic amines) is 1. The van der Waals surface area contributed by atoms with Crippen LogP contribution < -0.4 is 4.74 Å². The molecule has 0 aliphatic carbocycles. The van der Waals surface area contributed by atoms with Gasteiger partial charge in [-0.3, -0.25) is 9.88 Å². The number of nitrogens with zero attached hydrogens (tertiary/aromatic N) is 4. The van der Waals surface area contributed by atoms with Crippen LogP contribution in [0.4, 0.5) is 0 Å². The van der Waals surface area contributed by atoms with Crippen LogP contribution in [0.1, 0.15) is 61.6 Å². The topological polar surface area (TPSA) is 92.9 Å². The predicted molar refractivity (Wildman–Crippen MR) is 167 cm³/mol. The molecule has 0 bridgehead atoms. The maximum Gasteiger partial charge on any atom is 0.131 e. The fourth-order valence-corrected chi connectivity index (χ4v) is 5.73. The first kappa shape index (κ1) is 31.7. The Morgan fingerprint density at radius 1 is 1.19 bits per heavy atom. The van der Waals surface area contributed by atoms with Crippen LogP contribution in [-0.4, -0.2) is 63.8 Å². The van der Waals surface area contributed by atoms with Crippen LogP contribution in [0.3, 0.4) is 0 Å². The average Bonchev–Trinajstić information content (AvgIpc) is 3.38. The molecule has 0 radical (unpaired) electrons. The number of rotatable bonds is 9. The molecular formula is C34H41ClN4O3. The van der Waals surface area contributed by atoms with Crippen molar-refractivity contribution in [2.75, 3.05) is 32.8 Å². The molecule has 1 unspecified atom stereocenters. The predicted octanol–water partition coefficient (Wildman–Crippen LogP) is 5.78. The number of aliphatic hydroxyl groups excluding tert-OH is 1. The van der Waals surface area contributed by atoms with E-state index in [0.29, 0.717) is 19.2 Å². The van der Waals surface area contributed by atoms with Gasteiger partial charge in [-0.25, -0.2) is 0 Å². The van der Waals surface area contributed by atoms with Gasteiger partial charge in [-0.05, 0) is 80.3 Å². The summed E-state index contributed by atoms with van der Waals surface area (Å²) in [7, 11) is 0. The van der Waals surface area contributed by atoms with Crippen LogP contribution in [0.2, 0.25) is 5.02 Å². The summed E-state index contributed by atoms with van der Waals surface area (Å²) in [5, 5.41) is 28.4. The van der Waals surface area contributed by atoms with E-state index in [1.165, 1.54) is 12.5 Å². The third-order valence-electron chi connectivity index (χ3n) is 7.76. The lowest BCUT2D eigenvalue weighted by atomic mass is 9.90. The largest absolute Gasteiger partial charge is 0.487 e. The van der Waals surface area contributed by atoms with Gasteiger partial charge in [-0.15, -0.1) is 0 Å². The summed E-state index contributed by atoms with van der Waals surface area (Å²) in [6.07, 6.45) is 6.08. The van der Waals surface area contributed by atoms with Crippen LogP contribution in [0.5, 0.6) is 5.75 Å². The van der Waals surface area contributed by atoms with Gasteiger partial charge in [0.05, 0.1) is 24.0 Å². The van der Waals surface area contributed by atoms with E-state index in [-0.39, 0.29) is 6.61 Å². The standard InChI is InChI=1S/C32H38ClN3O3.C2H3N/c1-32(2,38)24-9-12-31-29(19-24)27(28-5-3-14-34-30(28)22-39-31)6-4-15-35-16-13-26(21-35)36(17-18-37)20-23-7-10-25(33)11-8-23;1-2-3/h3,5-12,14,19,26,37-38H,4,13,15-18,20-22H2,1-2H3;1H3. The molecule has 5 rings (SSSR count). The van der Waals surface area contributed by atoms with Crippen molar-refractivity contribution in [3.05, 3.63) is 99.8 Å². The first-order chi connectivity index (χ1) is 20.2. The van der Waals surface area contributed by atoms with Gasteiger partial charge in [0.2, 0.25) is 0 Å². The van der Waals surface area contributed by atoms with Crippen molar-refractivity contribution in [3.63, 3.8) is 0 Å². The molecule has 2 aliphatic heterocycles. The summed E-state index contributed by atoms with van der Waals surface area (Å²) >= 11 is 6.07. The van der Waals surface area contributed by atoms with E-state index in [0.717, 1.165) is 77.8 Å². The monoisotopic (exact) mass is 588 g/mol. The number of pyridine rings is 1. The van der Waals surface area contributed by atoms with E-state index in [9.17, 15) is 10.2 Å². The first-order valence-corrected chi connectivity index (χ1v) is 14.9. The van der Waals surface area contributed by atoms with Crippen molar-refractivity contribution in [1.82, 2.24) is 14.8 Å². The molecule has 2 aromatic carbocycles. The summed E-state index contributed by atoms with van der Waals surface area (Å²) in [5.74, 6) is 0.815. The Balaban J connectivity index is 0.00000129. The normalized spacial score (nSPS) is 17.5. The molecule has 1 saturated heterocycles. The first-order valence-electron chi connectivity index (χ1n) is 14.5. The van der Waals surface area contributed by atoms with E-state index in [2.05, 4.69) is 45.1 Å². The number of ether oxygens (including phenoxy) is 1. The number of halogens is 1. The molecule has 42 heavy (non-hydrogen) atoms. The quantitative estimate of drug-likeness (QED) is 0.327. The molecule has 0 spiro atoms. The van der Waals surface area contributed by atoms with Crippen LogP contribution in [0.25, 0.3) is 5.57 Å². The molecular weight excluding hydrogens is 548 g/mol. The van der Waals surface area contributed by atoms with Crippen molar-refractivity contribution in [3.8, 4) is 11.8 Å². The molecule has 3 aromatic rings. The Kier molecular flexibility index (Phi) is 11.1. The van der Waals surface area contributed by atoms with Gasteiger partial charge < -0.3 is 19.8 Å².